The maximum atomic E-state index is 12.3. The van der Waals surface area contributed by atoms with Crippen LogP contribution in [0, 0.1) is 6.92 Å². The van der Waals surface area contributed by atoms with Gasteiger partial charge in [0, 0.05) is 37.3 Å². The van der Waals surface area contributed by atoms with Gasteiger partial charge in [0.15, 0.2) is 6.79 Å². The van der Waals surface area contributed by atoms with Crippen molar-refractivity contribution in [3.05, 3.63) is 63.6 Å². The lowest BCUT2D eigenvalue weighted by atomic mass is 10.1. The number of ether oxygens (including phenoxy) is 2. The largest absolute Gasteiger partial charge is 0.468 e. The summed E-state index contributed by atoms with van der Waals surface area (Å²) in [6.07, 6.45) is 2.07. The van der Waals surface area contributed by atoms with E-state index >= 15 is 0 Å². The van der Waals surface area contributed by atoms with Crippen molar-refractivity contribution in [1.29, 1.82) is 0 Å². The van der Waals surface area contributed by atoms with Crippen molar-refractivity contribution in [3.8, 4) is 5.75 Å². The number of benzene rings is 1. The zero-order valence-electron chi connectivity index (χ0n) is 16.4. The minimum Gasteiger partial charge on any atom is -0.468 e. The number of methoxy groups -OCH3 is 1. The average molecular weight is 417 g/mol. The van der Waals surface area contributed by atoms with Crippen molar-refractivity contribution < 1.29 is 9.47 Å². The molecule has 9 nitrogen and oxygen atoms in total. The van der Waals surface area contributed by atoms with Gasteiger partial charge in [-0.1, -0.05) is 12.1 Å². The van der Waals surface area contributed by atoms with Gasteiger partial charge in [0.1, 0.15) is 11.4 Å². The SMILES string of the molecule is COCOc1cccc(Cc2n[nH]c(NCCSCc3nc[nH]c3C)nc2=O)c1. The molecule has 0 radical (unpaired) electrons. The molecular formula is C19H24N6O3S. The van der Waals surface area contributed by atoms with Gasteiger partial charge in [-0.2, -0.15) is 21.8 Å². The van der Waals surface area contributed by atoms with E-state index in [2.05, 4.69) is 30.5 Å². The molecule has 10 heteroatoms. The molecule has 0 fully saturated rings. The van der Waals surface area contributed by atoms with E-state index in [1.165, 1.54) is 0 Å². The van der Waals surface area contributed by atoms with Crippen LogP contribution in [0.15, 0.2) is 35.4 Å². The van der Waals surface area contributed by atoms with Crippen LogP contribution in [0.2, 0.25) is 0 Å². The third-order valence-electron chi connectivity index (χ3n) is 4.08. The highest BCUT2D eigenvalue weighted by Gasteiger charge is 2.08. The van der Waals surface area contributed by atoms with E-state index in [9.17, 15) is 4.79 Å². The van der Waals surface area contributed by atoms with Gasteiger partial charge >= 0.3 is 0 Å². The van der Waals surface area contributed by atoms with E-state index in [1.807, 2.05) is 31.2 Å². The predicted octanol–water partition coefficient (Wildman–Crippen LogP) is 2.12. The molecule has 154 valence electrons. The molecule has 0 aliphatic carbocycles. The van der Waals surface area contributed by atoms with E-state index in [0.717, 1.165) is 28.5 Å². The summed E-state index contributed by atoms with van der Waals surface area (Å²) >= 11 is 1.75. The van der Waals surface area contributed by atoms with Crippen LogP contribution in [-0.2, 0) is 16.9 Å². The van der Waals surface area contributed by atoms with E-state index in [-0.39, 0.29) is 12.4 Å². The number of nitrogens with one attached hydrogen (secondary N) is 3. The first kappa shape index (κ1) is 20.9. The number of hydrogen-bond donors (Lipinski definition) is 3. The molecule has 0 atom stereocenters. The molecule has 3 rings (SSSR count). The lowest BCUT2D eigenvalue weighted by Crippen LogP contribution is -2.20. The van der Waals surface area contributed by atoms with Crippen molar-refractivity contribution in [2.24, 2.45) is 0 Å². The second kappa shape index (κ2) is 10.6. The molecule has 1 aromatic carbocycles. The Morgan fingerprint density at radius 3 is 2.93 bits per heavy atom. The van der Waals surface area contributed by atoms with Crippen LogP contribution in [0.3, 0.4) is 0 Å². The highest BCUT2D eigenvalue weighted by Crippen LogP contribution is 2.15. The summed E-state index contributed by atoms with van der Waals surface area (Å²) in [5.74, 6) is 2.74. The lowest BCUT2D eigenvalue weighted by Gasteiger charge is -2.07. The second-order valence-electron chi connectivity index (χ2n) is 6.26. The van der Waals surface area contributed by atoms with E-state index in [4.69, 9.17) is 9.47 Å². The lowest BCUT2D eigenvalue weighted by molar-refractivity contribution is 0.0511. The number of rotatable bonds is 11. The van der Waals surface area contributed by atoms with Crippen LogP contribution >= 0.6 is 11.8 Å². The van der Waals surface area contributed by atoms with Crippen LogP contribution in [0.4, 0.5) is 5.95 Å². The van der Waals surface area contributed by atoms with Gasteiger partial charge < -0.3 is 19.8 Å². The van der Waals surface area contributed by atoms with Crippen molar-refractivity contribution in [2.75, 3.05) is 31.5 Å². The normalized spacial score (nSPS) is 10.8. The van der Waals surface area contributed by atoms with Crippen LogP contribution < -0.4 is 15.6 Å². The molecule has 2 aromatic heterocycles. The Balaban J connectivity index is 1.48. The molecule has 0 saturated carbocycles. The minimum atomic E-state index is -0.353. The predicted molar refractivity (Wildman–Crippen MR) is 112 cm³/mol. The summed E-state index contributed by atoms with van der Waals surface area (Å²) in [5.41, 5.74) is 3.05. The number of aryl methyl sites for hydroxylation is 1. The molecular weight excluding hydrogens is 392 g/mol. The number of H-pyrrole nitrogens is 2. The summed E-state index contributed by atoms with van der Waals surface area (Å²) < 4.78 is 10.3. The first-order valence-electron chi connectivity index (χ1n) is 9.12. The molecule has 0 saturated heterocycles. The number of imidazole rings is 1. The third kappa shape index (κ3) is 6.33. The fourth-order valence-corrected chi connectivity index (χ4v) is 3.44. The minimum absolute atomic E-state index is 0.170. The van der Waals surface area contributed by atoms with E-state index in [1.54, 1.807) is 25.2 Å². The fraction of sp³-hybridized carbons (Fsp3) is 0.368. The Morgan fingerprint density at radius 1 is 1.28 bits per heavy atom. The van der Waals surface area contributed by atoms with Gasteiger partial charge in [0.2, 0.25) is 5.95 Å². The molecule has 0 spiro atoms. The fourth-order valence-electron chi connectivity index (χ4n) is 2.56. The summed E-state index contributed by atoms with van der Waals surface area (Å²) in [6.45, 7) is 2.84. The van der Waals surface area contributed by atoms with Gasteiger partial charge in [-0.3, -0.25) is 4.79 Å². The van der Waals surface area contributed by atoms with Gasteiger partial charge in [0.05, 0.1) is 12.0 Å². The maximum Gasteiger partial charge on any atom is 0.296 e. The number of thioether (sulfide) groups is 1. The Morgan fingerprint density at radius 2 is 2.17 bits per heavy atom. The summed E-state index contributed by atoms with van der Waals surface area (Å²) in [5, 5.41) is 10.1. The van der Waals surface area contributed by atoms with Crippen molar-refractivity contribution >= 4 is 17.7 Å². The van der Waals surface area contributed by atoms with Crippen LogP contribution in [0.5, 0.6) is 5.75 Å². The third-order valence-corrected chi connectivity index (χ3v) is 5.05. The zero-order chi connectivity index (χ0) is 20.5. The quantitative estimate of drug-likeness (QED) is 0.321. The highest BCUT2D eigenvalue weighted by atomic mass is 32.2. The Hall–Kier alpha value is -2.85. The molecule has 0 aliphatic rings. The molecule has 0 unspecified atom stereocenters. The van der Waals surface area contributed by atoms with Gasteiger partial charge in [-0.05, 0) is 24.6 Å². The Labute approximate surface area is 172 Å². The van der Waals surface area contributed by atoms with E-state index < -0.39 is 0 Å². The standard InChI is InChI=1S/C19H24N6O3S/c1-13-17(22-11-21-13)10-29-7-6-20-19-23-18(26)16(24-25-19)9-14-4-3-5-15(8-14)28-12-27-2/h3-5,8,11H,6-7,9-10,12H2,1-2H3,(H,21,22)(H2,20,23,25,26). The van der Waals surface area contributed by atoms with Crippen LogP contribution in [0.25, 0.3) is 0 Å². The van der Waals surface area contributed by atoms with Crippen LogP contribution in [0.1, 0.15) is 22.6 Å². The average Bonchev–Trinajstić information content (AvgIpc) is 3.13. The molecule has 29 heavy (non-hydrogen) atoms. The number of aromatic nitrogens is 5. The first-order chi connectivity index (χ1) is 14.2. The number of anilines is 1. The second-order valence-corrected chi connectivity index (χ2v) is 7.37. The molecule has 0 bridgehead atoms. The number of aromatic amines is 2. The summed E-state index contributed by atoms with van der Waals surface area (Å²) in [7, 11) is 1.56. The molecule has 0 amide bonds. The topological polar surface area (TPSA) is 118 Å². The van der Waals surface area contributed by atoms with Crippen molar-refractivity contribution in [3.63, 3.8) is 0 Å². The summed E-state index contributed by atoms with van der Waals surface area (Å²) in [4.78, 5) is 23.7. The van der Waals surface area contributed by atoms with Crippen molar-refractivity contribution in [1.82, 2.24) is 25.1 Å². The molecule has 0 aliphatic heterocycles. The smallest absolute Gasteiger partial charge is 0.296 e. The highest BCUT2D eigenvalue weighted by molar-refractivity contribution is 7.98. The zero-order valence-corrected chi connectivity index (χ0v) is 17.2. The number of nitrogens with zero attached hydrogens (tertiary/aromatic N) is 3. The molecule has 2 heterocycles. The number of hydrogen-bond acceptors (Lipinski definition) is 8. The van der Waals surface area contributed by atoms with Gasteiger partial charge in [-0.25, -0.2) is 10.1 Å². The van der Waals surface area contributed by atoms with Gasteiger partial charge in [0.25, 0.3) is 5.56 Å². The van der Waals surface area contributed by atoms with Crippen molar-refractivity contribution in [2.45, 2.75) is 19.1 Å². The van der Waals surface area contributed by atoms with E-state index in [0.29, 0.717) is 30.4 Å². The van der Waals surface area contributed by atoms with Crippen LogP contribution in [-0.4, -0.2) is 51.3 Å². The summed E-state index contributed by atoms with van der Waals surface area (Å²) in [6, 6.07) is 7.45. The first-order valence-corrected chi connectivity index (χ1v) is 10.3. The molecule has 3 N–H and O–H groups in total. The van der Waals surface area contributed by atoms with Gasteiger partial charge in [-0.15, -0.1) is 0 Å². The Bertz CT molecular complexity index is 974. The Kier molecular flexibility index (Phi) is 7.65. The monoisotopic (exact) mass is 416 g/mol. The maximum absolute atomic E-state index is 12.3. The molecule has 3 aromatic rings.